The van der Waals surface area contributed by atoms with Crippen molar-refractivity contribution in [2.24, 2.45) is 0 Å². The SMILES string of the molecule is C[C@@H](Oc1ccccc1)C(=O)Oc1ccc(-c2ccc(C#N)cc2)cc1. The molecule has 0 radical (unpaired) electrons. The summed E-state index contributed by atoms with van der Waals surface area (Å²) in [4.78, 5) is 12.2. The largest absolute Gasteiger partial charge is 0.479 e. The topological polar surface area (TPSA) is 59.3 Å². The zero-order valence-electron chi connectivity index (χ0n) is 14.3. The summed E-state index contributed by atoms with van der Waals surface area (Å²) in [5, 5.41) is 8.85. The van der Waals surface area contributed by atoms with Crippen LogP contribution in [-0.2, 0) is 4.79 Å². The molecule has 0 aliphatic carbocycles. The molecule has 0 amide bonds. The van der Waals surface area contributed by atoms with Crippen LogP contribution in [0.5, 0.6) is 11.5 Å². The van der Waals surface area contributed by atoms with Crippen LogP contribution >= 0.6 is 0 Å². The number of hydrogen-bond acceptors (Lipinski definition) is 4. The van der Waals surface area contributed by atoms with E-state index in [-0.39, 0.29) is 0 Å². The number of nitriles is 1. The molecule has 0 unspecified atom stereocenters. The first-order valence-electron chi connectivity index (χ1n) is 8.20. The second-order valence-corrected chi connectivity index (χ2v) is 5.71. The lowest BCUT2D eigenvalue weighted by molar-refractivity contribution is -0.141. The number of ether oxygens (including phenoxy) is 2. The Morgan fingerprint density at radius 1 is 0.846 bits per heavy atom. The Bertz CT molecular complexity index is 910. The van der Waals surface area contributed by atoms with Gasteiger partial charge in [-0.05, 0) is 54.4 Å². The standard InChI is InChI=1S/C22H17NO3/c1-16(25-20-5-3-2-4-6-20)22(24)26-21-13-11-19(12-14-21)18-9-7-17(15-23)8-10-18/h2-14,16H,1H3/t16-/m1/s1. The third-order valence-electron chi connectivity index (χ3n) is 3.81. The summed E-state index contributed by atoms with van der Waals surface area (Å²) in [5.74, 6) is 0.615. The van der Waals surface area contributed by atoms with Crippen LogP contribution < -0.4 is 9.47 Å². The Morgan fingerprint density at radius 3 is 2.00 bits per heavy atom. The van der Waals surface area contributed by atoms with Gasteiger partial charge in [0.25, 0.3) is 0 Å². The number of nitrogens with zero attached hydrogens (tertiary/aromatic N) is 1. The van der Waals surface area contributed by atoms with E-state index < -0.39 is 12.1 Å². The third kappa shape index (κ3) is 4.28. The molecule has 0 saturated carbocycles. The molecular weight excluding hydrogens is 326 g/mol. The van der Waals surface area contributed by atoms with Crippen LogP contribution in [0.15, 0.2) is 78.9 Å². The van der Waals surface area contributed by atoms with Gasteiger partial charge in [-0.3, -0.25) is 0 Å². The fourth-order valence-electron chi connectivity index (χ4n) is 2.40. The molecule has 1 atom stereocenters. The number of esters is 1. The smallest absolute Gasteiger partial charge is 0.352 e. The molecule has 0 heterocycles. The van der Waals surface area contributed by atoms with Gasteiger partial charge in [0.05, 0.1) is 11.6 Å². The van der Waals surface area contributed by atoms with Crippen LogP contribution in [0.25, 0.3) is 11.1 Å². The molecule has 0 bridgehead atoms. The highest BCUT2D eigenvalue weighted by Gasteiger charge is 2.17. The van der Waals surface area contributed by atoms with Gasteiger partial charge in [0.2, 0.25) is 0 Å². The van der Waals surface area contributed by atoms with Crippen LogP contribution in [0.2, 0.25) is 0 Å². The molecular formula is C22H17NO3. The molecule has 4 heteroatoms. The van der Waals surface area contributed by atoms with Gasteiger partial charge >= 0.3 is 5.97 Å². The lowest BCUT2D eigenvalue weighted by Crippen LogP contribution is -2.28. The fourth-order valence-corrected chi connectivity index (χ4v) is 2.40. The van der Waals surface area contributed by atoms with Gasteiger partial charge in [-0.1, -0.05) is 42.5 Å². The lowest BCUT2D eigenvalue weighted by Gasteiger charge is -2.14. The van der Waals surface area contributed by atoms with E-state index in [9.17, 15) is 4.79 Å². The summed E-state index contributed by atoms with van der Waals surface area (Å²) in [6, 6.07) is 25.8. The molecule has 0 N–H and O–H groups in total. The Balaban J connectivity index is 1.63. The molecule has 3 aromatic rings. The van der Waals surface area contributed by atoms with Crippen LogP contribution in [0, 0.1) is 11.3 Å². The highest BCUT2D eigenvalue weighted by atomic mass is 16.6. The summed E-state index contributed by atoms with van der Waals surface area (Å²) in [7, 11) is 0. The monoisotopic (exact) mass is 343 g/mol. The molecule has 4 nitrogen and oxygen atoms in total. The van der Waals surface area contributed by atoms with Gasteiger partial charge in [0.1, 0.15) is 11.5 Å². The van der Waals surface area contributed by atoms with Crippen LogP contribution in [0.1, 0.15) is 12.5 Å². The van der Waals surface area contributed by atoms with Crippen molar-refractivity contribution >= 4 is 5.97 Å². The Labute approximate surface area is 152 Å². The Hall–Kier alpha value is -3.58. The minimum absolute atomic E-state index is 0.455. The Kier molecular flexibility index (Phi) is 5.31. The maximum absolute atomic E-state index is 12.2. The predicted molar refractivity (Wildman–Crippen MR) is 98.8 cm³/mol. The van der Waals surface area contributed by atoms with E-state index in [0.717, 1.165) is 11.1 Å². The van der Waals surface area contributed by atoms with Gasteiger partial charge in [-0.2, -0.15) is 5.26 Å². The zero-order chi connectivity index (χ0) is 18.4. The number of rotatable bonds is 5. The van der Waals surface area contributed by atoms with E-state index in [4.69, 9.17) is 14.7 Å². The molecule has 0 aromatic heterocycles. The van der Waals surface area contributed by atoms with E-state index in [1.165, 1.54) is 0 Å². The van der Waals surface area contributed by atoms with Crippen molar-refractivity contribution in [1.82, 2.24) is 0 Å². The Morgan fingerprint density at radius 2 is 1.42 bits per heavy atom. The highest BCUT2D eigenvalue weighted by molar-refractivity contribution is 5.77. The number of para-hydroxylation sites is 1. The fraction of sp³-hybridized carbons (Fsp3) is 0.0909. The maximum atomic E-state index is 12.2. The van der Waals surface area contributed by atoms with Crippen molar-refractivity contribution in [1.29, 1.82) is 5.26 Å². The van der Waals surface area contributed by atoms with Gasteiger partial charge in [0.15, 0.2) is 6.10 Å². The third-order valence-corrected chi connectivity index (χ3v) is 3.81. The molecule has 0 saturated heterocycles. The normalized spacial score (nSPS) is 11.2. The molecule has 0 aliphatic rings. The van der Waals surface area contributed by atoms with E-state index in [1.807, 2.05) is 42.5 Å². The van der Waals surface area contributed by atoms with Crippen molar-refractivity contribution in [3.8, 4) is 28.7 Å². The summed E-state index contributed by atoms with van der Waals surface area (Å²) >= 11 is 0. The molecule has 0 spiro atoms. The first-order chi connectivity index (χ1) is 12.7. The second-order valence-electron chi connectivity index (χ2n) is 5.71. The zero-order valence-corrected chi connectivity index (χ0v) is 14.3. The van der Waals surface area contributed by atoms with Crippen molar-refractivity contribution in [3.63, 3.8) is 0 Å². The van der Waals surface area contributed by atoms with Crippen molar-refractivity contribution < 1.29 is 14.3 Å². The molecule has 3 aromatic carbocycles. The van der Waals surface area contributed by atoms with E-state index in [2.05, 4.69) is 6.07 Å². The first kappa shape index (κ1) is 17.2. The summed E-state index contributed by atoms with van der Waals surface area (Å²) in [6.45, 7) is 1.65. The summed E-state index contributed by atoms with van der Waals surface area (Å²) in [5.41, 5.74) is 2.58. The predicted octanol–water partition coefficient (Wildman–Crippen LogP) is 4.60. The van der Waals surface area contributed by atoms with Crippen LogP contribution in [0.3, 0.4) is 0 Å². The van der Waals surface area contributed by atoms with E-state index >= 15 is 0 Å². The average molecular weight is 343 g/mol. The molecule has 3 rings (SSSR count). The molecule has 0 fully saturated rings. The minimum atomic E-state index is -0.712. The second kappa shape index (κ2) is 8.00. The van der Waals surface area contributed by atoms with Crippen molar-refractivity contribution in [3.05, 3.63) is 84.4 Å². The highest BCUT2D eigenvalue weighted by Crippen LogP contribution is 2.23. The number of benzene rings is 3. The molecule has 128 valence electrons. The van der Waals surface area contributed by atoms with E-state index in [0.29, 0.717) is 17.1 Å². The first-order valence-corrected chi connectivity index (χ1v) is 8.20. The minimum Gasteiger partial charge on any atom is -0.479 e. The van der Waals surface area contributed by atoms with Gasteiger partial charge in [-0.25, -0.2) is 4.79 Å². The number of carbonyl (C=O) groups is 1. The maximum Gasteiger partial charge on any atom is 0.352 e. The lowest BCUT2D eigenvalue weighted by atomic mass is 10.0. The van der Waals surface area contributed by atoms with Crippen molar-refractivity contribution in [2.75, 3.05) is 0 Å². The number of hydrogen-bond donors (Lipinski definition) is 0. The average Bonchev–Trinajstić information content (AvgIpc) is 2.69. The molecule has 0 aliphatic heterocycles. The summed E-state index contributed by atoms with van der Waals surface area (Å²) in [6.07, 6.45) is -0.712. The van der Waals surface area contributed by atoms with Gasteiger partial charge in [-0.15, -0.1) is 0 Å². The quantitative estimate of drug-likeness (QED) is 0.502. The number of carbonyl (C=O) groups excluding carboxylic acids is 1. The van der Waals surface area contributed by atoms with E-state index in [1.54, 1.807) is 43.3 Å². The summed E-state index contributed by atoms with van der Waals surface area (Å²) < 4.78 is 10.9. The van der Waals surface area contributed by atoms with Crippen molar-refractivity contribution in [2.45, 2.75) is 13.0 Å². The van der Waals surface area contributed by atoms with Crippen LogP contribution in [-0.4, -0.2) is 12.1 Å². The van der Waals surface area contributed by atoms with Crippen LogP contribution in [0.4, 0.5) is 0 Å². The van der Waals surface area contributed by atoms with Gasteiger partial charge in [0, 0.05) is 0 Å². The van der Waals surface area contributed by atoms with Gasteiger partial charge < -0.3 is 9.47 Å². The molecule has 26 heavy (non-hydrogen) atoms.